The van der Waals surface area contributed by atoms with E-state index in [4.69, 9.17) is 4.74 Å². The molecule has 1 fully saturated rings. The average molecular weight is 327 g/mol. The first-order valence-electron chi connectivity index (χ1n) is 7.55. The molecule has 1 aliphatic rings. The second-order valence-electron chi connectivity index (χ2n) is 5.57. The molecule has 0 spiro atoms. The van der Waals surface area contributed by atoms with Crippen molar-refractivity contribution in [2.24, 2.45) is 5.92 Å². The number of hydrogen-bond acceptors (Lipinski definition) is 4. The second kappa shape index (κ2) is 8.29. The Morgan fingerprint density at radius 2 is 2.04 bits per heavy atom. The van der Waals surface area contributed by atoms with Crippen molar-refractivity contribution in [2.45, 2.75) is 12.7 Å². The Morgan fingerprint density at radius 1 is 1.30 bits per heavy atom. The van der Waals surface area contributed by atoms with Gasteiger partial charge in [0.1, 0.15) is 0 Å². The Hall–Kier alpha value is -1.62. The summed E-state index contributed by atoms with van der Waals surface area (Å²) in [5, 5.41) is 12.3. The molecule has 126 valence electrons. The Morgan fingerprint density at radius 3 is 2.70 bits per heavy atom. The fourth-order valence-corrected chi connectivity index (χ4v) is 2.49. The summed E-state index contributed by atoms with van der Waals surface area (Å²) in [4.78, 5) is 2.17. The van der Waals surface area contributed by atoms with E-state index in [0.717, 1.165) is 25.2 Å². The third-order valence-corrected chi connectivity index (χ3v) is 3.74. The minimum Gasteiger partial charge on any atom is -0.379 e. The highest BCUT2D eigenvalue weighted by Gasteiger charge is 2.30. The van der Waals surface area contributed by atoms with Crippen LogP contribution in [0.4, 0.5) is 13.2 Å². The van der Waals surface area contributed by atoms with Crippen molar-refractivity contribution in [1.82, 2.24) is 10.2 Å². The van der Waals surface area contributed by atoms with E-state index in [2.05, 4.69) is 16.3 Å². The summed E-state index contributed by atoms with van der Waals surface area (Å²) < 4.78 is 43.2. The molecule has 1 saturated heterocycles. The van der Waals surface area contributed by atoms with E-state index in [9.17, 15) is 18.4 Å². The zero-order chi connectivity index (χ0) is 16.7. The number of hydrogen-bond donors (Lipinski definition) is 1. The number of nitrogens with zero attached hydrogens (tertiary/aromatic N) is 2. The number of rotatable bonds is 6. The molecule has 0 aromatic heterocycles. The van der Waals surface area contributed by atoms with Crippen molar-refractivity contribution in [3.63, 3.8) is 0 Å². The van der Waals surface area contributed by atoms with Gasteiger partial charge in [-0.3, -0.25) is 4.90 Å². The predicted octanol–water partition coefficient (Wildman–Crippen LogP) is 2.27. The highest BCUT2D eigenvalue weighted by atomic mass is 19.4. The molecule has 1 aromatic rings. The lowest BCUT2D eigenvalue weighted by molar-refractivity contribution is -0.137. The summed E-state index contributed by atoms with van der Waals surface area (Å²) in [6.07, 6.45) is -4.33. The maximum absolute atomic E-state index is 12.7. The van der Waals surface area contributed by atoms with Gasteiger partial charge in [-0.1, -0.05) is 18.2 Å². The fraction of sp³-hybridized carbons (Fsp3) is 0.562. The molecule has 1 atom stereocenters. The molecule has 0 bridgehead atoms. The molecule has 1 unspecified atom stereocenters. The third kappa shape index (κ3) is 5.82. The molecule has 1 aliphatic heterocycles. The molecule has 0 radical (unpaired) electrons. The molecular weight excluding hydrogens is 307 g/mol. The SMILES string of the molecule is N#CC(CNCc1cccc(C(F)(F)F)c1)CN1CCOCC1. The number of alkyl halides is 3. The van der Waals surface area contributed by atoms with Crippen molar-refractivity contribution >= 4 is 0 Å². The molecule has 1 heterocycles. The Kier molecular flexibility index (Phi) is 6.39. The molecule has 0 saturated carbocycles. The molecule has 0 amide bonds. The van der Waals surface area contributed by atoms with Crippen LogP contribution in [-0.2, 0) is 17.5 Å². The normalized spacial score (nSPS) is 17.7. The molecule has 1 aromatic carbocycles. The predicted molar refractivity (Wildman–Crippen MR) is 79.5 cm³/mol. The van der Waals surface area contributed by atoms with Gasteiger partial charge >= 0.3 is 6.18 Å². The first-order valence-corrected chi connectivity index (χ1v) is 7.55. The number of nitriles is 1. The van der Waals surface area contributed by atoms with Crippen LogP contribution in [0.15, 0.2) is 24.3 Å². The zero-order valence-corrected chi connectivity index (χ0v) is 12.8. The van der Waals surface area contributed by atoms with E-state index in [0.29, 0.717) is 38.4 Å². The van der Waals surface area contributed by atoms with E-state index >= 15 is 0 Å². The molecule has 4 nitrogen and oxygen atoms in total. The smallest absolute Gasteiger partial charge is 0.379 e. The first kappa shape index (κ1) is 17.7. The van der Waals surface area contributed by atoms with Gasteiger partial charge in [0.05, 0.1) is 30.8 Å². The van der Waals surface area contributed by atoms with Crippen molar-refractivity contribution in [3.8, 4) is 6.07 Å². The Balaban J connectivity index is 1.80. The van der Waals surface area contributed by atoms with E-state index in [1.807, 2.05) is 0 Å². The zero-order valence-electron chi connectivity index (χ0n) is 12.8. The molecule has 0 aliphatic carbocycles. The lowest BCUT2D eigenvalue weighted by Gasteiger charge is -2.28. The lowest BCUT2D eigenvalue weighted by atomic mass is 10.1. The number of halogens is 3. The first-order chi connectivity index (χ1) is 11.0. The minimum absolute atomic E-state index is 0.195. The fourth-order valence-electron chi connectivity index (χ4n) is 2.49. The van der Waals surface area contributed by atoms with Gasteiger partial charge in [-0.15, -0.1) is 0 Å². The average Bonchev–Trinajstić information content (AvgIpc) is 2.54. The maximum atomic E-state index is 12.7. The summed E-state index contributed by atoms with van der Waals surface area (Å²) in [6, 6.07) is 7.48. The van der Waals surface area contributed by atoms with Crippen LogP contribution in [0.3, 0.4) is 0 Å². The Labute approximate surface area is 133 Å². The second-order valence-corrected chi connectivity index (χ2v) is 5.57. The van der Waals surface area contributed by atoms with Crippen LogP contribution in [0.5, 0.6) is 0 Å². The van der Waals surface area contributed by atoms with Crippen LogP contribution in [0.1, 0.15) is 11.1 Å². The van der Waals surface area contributed by atoms with Crippen LogP contribution in [0.25, 0.3) is 0 Å². The molecule has 7 heteroatoms. The third-order valence-electron chi connectivity index (χ3n) is 3.74. The van der Waals surface area contributed by atoms with Crippen molar-refractivity contribution < 1.29 is 17.9 Å². The summed E-state index contributed by atoms with van der Waals surface area (Å²) in [7, 11) is 0. The monoisotopic (exact) mass is 327 g/mol. The minimum atomic E-state index is -4.33. The van der Waals surface area contributed by atoms with Crippen LogP contribution in [0.2, 0.25) is 0 Å². The van der Waals surface area contributed by atoms with E-state index in [1.54, 1.807) is 6.07 Å². The topological polar surface area (TPSA) is 48.3 Å². The highest BCUT2D eigenvalue weighted by Crippen LogP contribution is 2.29. The van der Waals surface area contributed by atoms with Crippen LogP contribution >= 0.6 is 0 Å². The van der Waals surface area contributed by atoms with Gasteiger partial charge in [0.2, 0.25) is 0 Å². The van der Waals surface area contributed by atoms with E-state index in [-0.39, 0.29) is 5.92 Å². The molecular formula is C16H20F3N3O. The van der Waals surface area contributed by atoms with E-state index < -0.39 is 11.7 Å². The maximum Gasteiger partial charge on any atom is 0.416 e. The highest BCUT2D eigenvalue weighted by molar-refractivity contribution is 5.25. The Bertz CT molecular complexity index is 536. The van der Waals surface area contributed by atoms with Gasteiger partial charge in [0, 0.05) is 32.7 Å². The lowest BCUT2D eigenvalue weighted by Crippen LogP contribution is -2.41. The molecule has 23 heavy (non-hydrogen) atoms. The summed E-state index contributed by atoms with van der Waals surface area (Å²) in [6.45, 7) is 4.38. The quantitative estimate of drug-likeness (QED) is 0.871. The van der Waals surface area contributed by atoms with Crippen LogP contribution < -0.4 is 5.32 Å². The standard InChI is InChI=1S/C16H20F3N3O/c17-16(18,19)15-3-1-2-13(8-15)10-21-11-14(9-20)12-22-4-6-23-7-5-22/h1-3,8,14,21H,4-7,10-12H2. The van der Waals surface area contributed by atoms with E-state index in [1.165, 1.54) is 6.07 Å². The number of morpholine rings is 1. The van der Waals surface area contributed by atoms with Crippen molar-refractivity contribution in [3.05, 3.63) is 35.4 Å². The van der Waals surface area contributed by atoms with Gasteiger partial charge in [-0.25, -0.2) is 0 Å². The number of nitrogens with one attached hydrogen (secondary N) is 1. The van der Waals surface area contributed by atoms with Gasteiger partial charge in [-0.05, 0) is 11.6 Å². The molecule has 1 N–H and O–H groups in total. The van der Waals surface area contributed by atoms with Gasteiger partial charge in [-0.2, -0.15) is 18.4 Å². The molecule has 2 rings (SSSR count). The van der Waals surface area contributed by atoms with Gasteiger partial charge < -0.3 is 10.1 Å². The summed E-state index contributed by atoms with van der Waals surface area (Å²) >= 11 is 0. The number of ether oxygens (including phenoxy) is 1. The summed E-state index contributed by atoms with van der Waals surface area (Å²) in [5.74, 6) is -0.195. The largest absolute Gasteiger partial charge is 0.416 e. The summed E-state index contributed by atoms with van der Waals surface area (Å²) in [5.41, 5.74) is -0.0927. The van der Waals surface area contributed by atoms with Crippen LogP contribution in [0, 0.1) is 17.2 Å². The van der Waals surface area contributed by atoms with Gasteiger partial charge in [0.25, 0.3) is 0 Å². The van der Waals surface area contributed by atoms with Crippen molar-refractivity contribution in [2.75, 3.05) is 39.4 Å². The number of benzene rings is 1. The van der Waals surface area contributed by atoms with Crippen molar-refractivity contribution in [1.29, 1.82) is 5.26 Å². The van der Waals surface area contributed by atoms with Crippen LogP contribution in [-0.4, -0.2) is 44.3 Å². The van der Waals surface area contributed by atoms with Gasteiger partial charge in [0.15, 0.2) is 0 Å².